The van der Waals surface area contributed by atoms with E-state index in [1.807, 2.05) is 0 Å². The zero-order valence-electron chi connectivity index (χ0n) is 16.8. The molecule has 0 aromatic heterocycles. The molecule has 0 fully saturated rings. The topological polar surface area (TPSA) is 60.7 Å². The van der Waals surface area contributed by atoms with Crippen LogP contribution in [0.1, 0.15) is 89.5 Å². The molecule has 1 aromatic carbocycles. The number of hydrogen-bond donors (Lipinski definition) is 3. The monoisotopic (exact) mass is 384 g/mol. The van der Waals surface area contributed by atoms with Crippen LogP contribution in [-0.2, 0) is 6.42 Å². The van der Waals surface area contributed by atoms with Crippen molar-refractivity contribution in [1.29, 1.82) is 0 Å². The maximum absolute atomic E-state index is 10.2. The van der Waals surface area contributed by atoms with E-state index < -0.39 is 7.28 Å². The van der Waals surface area contributed by atoms with Crippen molar-refractivity contribution in [2.45, 2.75) is 90.4 Å². The van der Waals surface area contributed by atoms with E-state index in [9.17, 15) is 14.7 Å². The average Bonchev–Trinajstić information content (AvgIpc) is 2.61. The molecular weight excluding hydrogens is 343 g/mol. The van der Waals surface area contributed by atoms with Gasteiger partial charge in [-0.2, -0.15) is 0 Å². The van der Waals surface area contributed by atoms with Crippen molar-refractivity contribution in [1.82, 2.24) is 0 Å². The zero-order valence-corrected chi connectivity index (χ0v) is 17.7. The molecule has 0 saturated carbocycles. The zero-order chi connectivity index (χ0) is 19.2. The summed E-state index contributed by atoms with van der Waals surface area (Å²) < 4.78 is 0. The van der Waals surface area contributed by atoms with Gasteiger partial charge in [-0.15, -0.1) is 0 Å². The van der Waals surface area contributed by atoms with Gasteiger partial charge in [-0.3, -0.25) is 0 Å². The van der Waals surface area contributed by atoms with E-state index >= 15 is 0 Å². The summed E-state index contributed by atoms with van der Waals surface area (Å²) in [5.74, 6) is 0. The van der Waals surface area contributed by atoms with Gasteiger partial charge >= 0.3 is 161 Å². The molecule has 0 spiro atoms. The summed E-state index contributed by atoms with van der Waals surface area (Å²) in [6.07, 6.45) is 14.4. The molecule has 1 aromatic rings. The molecule has 0 radical (unpaired) electrons. The van der Waals surface area contributed by atoms with Gasteiger partial charge in [0.1, 0.15) is 0 Å². The van der Waals surface area contributed by atoms with E-state index in [0.717, 1.165) is 44.9 Å². The predicted molar refractivity (Wildman–Crippen MR) is 115 cm³/mol. The van der Waals surface area contributed by atoms with Gasteiger partial charge in [-0.25, -0.2) is 0 Å². The Balaban J connectivity index is 2.00. The van der Waals surface area contributed by atoms with Crippen molar-refractivity contribution in [2.24, 2.45) is 0 Å². The van der Waals surface area contributed by atoms with E-state index in [2.05, 4.69) is 37.3 Å². The molecular formula is C22H41O3P. The Kier molecular flexibility index (Phi) is 11.6. The molecule has 0 saturated heterocycles. The first-order chi connectivity index (χ1) is 12.4. The number of hydrogen-bond acceptors (Lipinski definition) is 3. The second kappa shape index (κ2) is 12.8. The van der Waals surface area contributed by atoms with Crippen LogP contribution in [0, 0.1) is 0 Å². The Hall–Kier alpha value is -0.470. The molecule has 0 unspecified atom stereocenters. The van der Waals surface area contributed by atoms with Crippen molar-refractivity contribution < 1.29 is 14.7 Å². The van der Waals surface area contributed by atoms with Crippen LogP contribution in [0.3, 0.4) is 0 Å². The Morgan fingerprint density at radius 3 is 1.62 bits per heavy atom. The summed E-state index contributed by atoms with van der Waals surface area (Å²) in [7, 11) is -4.36. The van der Waals surface area contributed by atoms with Gasteiger partial charge in [0.05, 0.1) is 0 Å². The van der Waals surface area contributed by atoms with Crippen LogP contribution < -0.4 is 0 Å². The number of aryl methyl sites for hydroxylation is 1. The molecule has 0 heterocycles. The van der Waals surface area contributed by atoms with Crippen LogP contribution in [-0.4, -0.2) is 27.0 Å². The summed E-state index contributed by atoms with van der Waals surface area (Å²) in [4.78, 5) is 30.6. The van der Waals surface area contributed by atoms with Crippen molar-refractivity contribution in [3.05, 3.63) is 35.9 Å². The van der Waals surface area contributed by atoms with E-state index in [0.29, 0.717) is 0 Å². The van der Waals surface area contributed by atoms with Gasteiger partial charge in [0.25, 0.3) is 0 Å². The Morgan fingerprint density at radius 2 is 1.08 bits per heavy atom. The second-order valence-corrected chi connectivity index (χ2v) is 11.5. The first-order valence-corrected chi connectivity index (χ1v) is 13.2. The Labute approximate surface area is 161 Å². The van der Waals surface area contributed by atoms with Crippen LogP contribution in [0.25, 0.3) is 0 Å². The van der Waals surface area contributed by atoms with Crippen molar-refractivity contribution in [2.75, 3.05) is 12.3 Å². The maximum atomic E-state index is 10.2. The van der Waals surface area contributed by atoms with E-state index in [4.69, 9.17) is 0 Å². The van der Waals surface area contributed by atoms with Crippen LogP contribution in [0.5, 0.6) is 0 Å². The Morgan fingerprint density at radius 1 is 0.615 bits per heavy atom. The minimum absolute atomic E-state index is 0.185. The van der Waals surface area contributed by atoms with Crippen LogP contribution in [0.4, 0.5) is 0 Å². The molecule has 0 aliphatic heterocycles. The molecule has 1 rings (SSSR count). The molecule has 26 heavy (non-hydrogen) atoms. The molecule has 0 atom stereocenters. The molecule has 152 valence electrons. The minimum atomic E-state index is -4.36. The summed E-state index contributed by atoms with van der Waals surface area (Å²) in [6.45, 7) is 2.19. The summed E-state index contributed by atoms with van der Waals surface area (Å²) in [6, 6.07) is 10.6. The van der Waals surface area contributed by atoms with Crippen molar-refractivity contribution >= 4 is 7.28 Å². The van der Waals surface area contributed by atoms with Gasteiger partial charge in [-0.05, 0) is 0 Å². The third-order valence-corrected chi connectivity index (χ3v) is 7.61. The fraction of sp³-hybridized carbons (Fsp3) is 0.727. The second-order valence-electron chi connectivity index (χ2n) is 7.91. The molecule has 0 aliphatic carbocycles. The molecule has 0 amide bonds. The van der Waals surface area contributed by atoms with Crippen LogP contribution >= 0.6 is 7.28 Å². The Bertz CT molecular complexity index is 453. The van der Waals surface area contributed by atoms with Gasteiger partial charge in [0.2, 0.25) is 0 Å². The normalized spacial score (nSPS) is 13.5. The van der Waals surface area contributed by atoms with Crippen molar-refractivity contribution in [3.63, 3.8) is 0 Å². The molecule has 0 bridgehead atoms. The molecule has 0 aliphatic rings. The first-order valence-electron chi connectivity index (χ1n) is 10.7. The summed E-state index contributed by atoms with van der Waals surface area (Å²) in [5.41, 5.74) is 1.40. The third kappa shape index (κ3) is 12.8. The summed E-state index contributed by atoms with van der Waals surface area (Å²) >= 11 is 0. The quantitative estimate of drug-likeness (QED) is 0.235. The average molecular weight is 385 g/mol. The van der Waals surface area contributed by atoms with Crippen LogP contribution in [0.15, 0.2) is 30.3 Å². The van der Waals surface area contributed by atoms with Gasteiger partial charge in [0, 0.05) is 0 Å². The van der Waals surface area contributed by atoms with Gasteiger partial charge < -0.3 is 0 Å². The molecule has 3 N–H and O–H groups in total. The predicted octanol–water partition coefficient (Wildman–Crippen LogP) is 6.21. The standard InChI is InChI=1S/C22H41O3P/c1-2-3-4-5-9-15-20-26(23,24,25)21-16-10-7-6-8-12-17-22-18-13-11-14-19-22/h11,13-14,18-19,23-25H,2-10,12,15-17,20-21H2,1H3. The molecule has 4 heteroatoms. The SMILES string of the molecule is CCCCCCCCP(O)(O)(O)CCCCCCCCc1ccccc1. The van der Waals surface area contributed by atoms with E-state index in [1.165, 1.54) is 44.1 Å². The van der Waals surface area contributed by atoms with Gasteiger partial charge in [0.15, 0.2) is 0 Å². The fourth-order valence-electron chi connectivity index (χ4n) is 3.44. The fourth-order valence-corrected chi connectivity index (χ4v) is 5.41. The van der Waals surface area contributed by atoms with Crippen LogP contribution in [0.2, 0.25) is 0 Å². The van der Waals surface area contributed by atoms with Crippen molar-refractivity contribution in [3.8, 4) is 0 Å². The number of unbranched alkanes of at least 4 members (excludes halogenated alkanes) is 10. The third-order valence-electron chi connectivity index (χ3n) is 5.14. The van der Waals surface area contributed by atoms with E-state index in [1.54, 1.807) is 0 Å². The number of rotatable bonds is 16. The van der Waals surface area contributed by atoms with Gasteiger partial charge in [-0.1, -0.05) is 0 Å². The number of benzene rings is 1. The molecule has 3 nitrogen and oxygen atoms in total. The summed E-state index contributed by atoms with van der Waals surface area (Å²) in [5, 5.41) is 0. The van der Waals surface area contributed by atoms with E-state index in [-0.39, 0.29) is 12.3 Å². The first kappa shape index (κ1) is 23.6.